The molecule has 1 aromatic rings. The lowest BCUT2D eigenvalue weighted by Gasteiger charge is -2.16. The number of nitrogens with zero attached hydrogens (tertiary/aromatic N) is 1. The van der Waals surface area contributed by atoms with E-state index >= 15 is 0 Å². The van der Waals surface area contributed by atoms with Crippen LogP contribution in [-0.2, 0) is 4.79 Å². The maximum Gasteiger partial charge on any atom is 0.246 e. The second kappa shape index (κ2) is 5.90. The highest BCUT2D eigenvalue weighted by Gasteiger charge is 2.42. The van der Waals surface area contributed by atoms with E-state index in [4.69, 9.17) is 4.74 Å². The molecule has 112 valence electrons. The van der Waals surface area contributed by atoms with Crippen LogP contribution in [0.4, 0.5) is 0 Å². The lowest BCUT2D eigenvalue weighted by atomic mass is 10.00. The Kier molecular flexibility index (Phi) is 3.97. The van der Waals surface area contributed by atoms with E-state index in [1.165, 1.54) is 0 Å². The summed E-state index contributed by atoms with van der Waals surface area (Å²) in [6.45, 7) is 1.47. The Hall–Kier alpha value is -1.81. The third-order valence-electron chi connectivity index (χ3n) is 4.64. The van der Waals surface area contributed by atoms with Crippen LogP contribution in [0.2, 0.25) is 0 Å². The molecule has 21 heavy (non-hydrogen) atoms. The third kappa shape index (κ3) is 2.95. The molecule has 1 heterocycles. The van der Waals surface area contributed by atoms with Crippen molar-refractivity contribution < 1.29 is 14.6 Å². The minimum Gasteiger partial charge on any atom is -0.497 e. The molecule has 0 spiro atoms. The first-order valence-electron chi connectivity index (χ1n) is 7.46. The van der Waals surface area contributed by atoms with Gasteiger partial charge in [0.15, 0.2) is 0 Å². The normalized spacial score (nSPS) is 28.1. The number of hydrogen-bond donors (Lipinski definition) is 1. The lowest BCUT2D eigenvalue weighted by Crippen LogP contribution is -2.29. The summed E-state index contributed by atoms with van der Waals surface area (Å²) in [6, 6.07) is 7.61. The van der Waals surface area contributed by atoms with Crippen molar-refractivity contribution in [2.75, 3.05) is 20.2 Å². The van der Waals surface area contributed by atoms with Gasteiger partial charge in [-0.1, -0.05) is 12.1 Å². The quantitative estimate of drug-likeness (QED) is 0.864. The number of carbonyl (C=O) groups excluding carboxylic acids is 1. The van der Waals surface area contributed by atoms with E-state index in [2.05, 4.69) is 0 Å². The molecule has 0 bridgehead atoms. The molecule has 1 aromatic carbocycles. The van der Waals surface area contributed by atoms with E-state index in [1.807, 2.05) is 35.2 Å². The zero-order valence-corrected chi connectivity index (χ0v) is 12.2. The Morgan fingerprint density at radius 2 is 2.24 bits per heavy atom. The molecule has 1 amide bonds. The van der Waals surface area contributed by atoms with Crippen molar-refractivity contribution in [2.45, 2.75) is 18.9 Å². The van der Waals surface area contributed by atoms with Crippen molar-refractivity contribution in [3.05, 3.63) is 35.9 Å². The topological polar surface area (TPSA) is 49.8 Å². The minimum absolute atomic E-state index is 0.0272. The predicted octanol–water partition coefficient (Wildman–Crippen LogP) is 1.94. The summed E-state index contributed by atoms with van der Waals surface area (Å²) >= 11 is 0. The number of benzene rings is 1. The first-order chi connectivity index (χ1) is 10.2. The Bertz CT molecular complexity index is 555. The number of carbonyl (C=O) groups is 1. The Balaban J connectivity index is 1.63. The number of amides is 1. The fraction of sp³-hybridized carbons (Fsp3) is 0.471. The number of fused-ring (bicyclic) bond motifs is 1. The summed E-state index contributed by atoms with van der Waals surface area (Å²) in [5.41, 5.74) is 0.946. The van der Waals surface area contributed by atoms with Crippen molar-refractivity contribution in [3.8, 4) is 5.75 Å². The Labute approximate surface area is 125 Å². The van der Waals surface area contributed by atoms with Gasteiger partial charge in [0.2, 0.25) is 5.91 Å². The van der Waals surface area contributed by atoms with Crippen molar-refractivity contribution in [1.82, 2.24) is 4.90 Å². The molecule has 1 aliphatic heterocycles. The van der Waals surface area contributed by atoms with Crippen LogP contribution in [-0.4, -0.2) is 42.2 Å². The van der Waals surface area contributed by atoms with Crippen LogP contribution in [0.3, 0.4) is 0 Å². The van der Waals surface area contributed by atoms with Gasteiger partial charge in [-0.05, 0) is 42.5 Å². The predicted molar refractivity (Wildman–Crippen MR) is 80.8 cm³/mol. The van der Waals surface area contributed by atoms with Crippen LogP contribution in [0.1, 0.15) is 18.4 Å². The molecule has 3 atom stereocenters. The molecule has 1 saturated carbocycles. The summed E-state index contributed by atoms with van der Waals surface area (Å²) in [5, 5.41) is 9.89. The molecular weight excluding hydrogens is 266 g/mol. The van der Waals surface area contributed by atoms with Crippen LogP contribution in [0.5, 0.6) is 5.75 Å². The number of likely N-dealkylation sites (tertiary alicyclic amines) is 1. The summed E-state index contributed by atoms with van der Waals surface area (Å²) in [5.74, 6) is 1.57. The monoisotopic (exact) mass is 287 g/mol. The van der Waals surface area contributed by atoms with E-state index in [0.29, 0.717) is 12.5 Å². The molecule has 1 aliphatic carbocycles. The highest BCUT2D eigenvalue weighted by atomic mass is 16.5. The fourth-order valence-corrected chi connectivity index (χ4v) is 3.43. The van der Waals surface area contributed by atoms with Crippen molar-refractivity contribution >= 4 is 12.0 Å². The summed E-state index contributed by atoms with van der Waals surface area (Å²) in [4.78, 5) is 14.1. The molecule has 3 unspecified atom stereocenters. The van der Waals surface area contributed by atoms with Crippen molar-refractivity contribution in [2.24, 2.45) is 11.8 Å². The van der Waals surface area contributed by atoms with E-state index in [9.17, 15) is 9.90 Å². The van der Waals surface area contributed by atoms with E-state index in [1.54, 1.807) is 13.2 Å². The smallest absolute Gasteiger partial charge is 0.246 e. The number of ether oxygens (including phenoxy) is 1. The molecule has 3 rings (SSSR count). The SMILES string of the molecule is COc1cccc(/C=C/C(=O)N2CC3CCC(O)C3C2)c1. The second-order valence-electron chi connectivity index (χ2n) is 5.92. The number of aliphatic hydroxyl groups is 1. The fourth-order valence-electron chi connectivity index (χ4n) is 3.43. The van der Waals surface area contributed by atoms with E-state index < -0.39 is 0 Å². The Morgan fingerprint density at radius 3 is 3.00 bits per heavy atom. The molecule has 1 saturated heterocycles. The van der Waals surface area contributed by atoms with Crippen LogP contribution >= 0.6 is 0 Å². The molecule has 0 aromatic heterocycles. The van der Waals surface area contributed by atoms with Crippen molar-refractivity contribution in [1.29, 1.82) is 0 Å². The van der Waals surface area contributed by atoms with E-state index in [0.717, 1.165) is 30.7 Å². The maximum absolute atomic E-state index is 12.2. The van der Waals surface area contributed by atoms with Gasteiger partial charge in [0.05, 0.1) is 13.2 Å². The number of aliphatic hydroxyl groups excluding tert-OH is 1. The average Bonchev–Trinajstić information content (AvgIpc) is 3.07. The summed E-state index contributed by atoms with van der Waals surface area (Å²) in [6.07, 6.45) is 5.12. The van der Waals surface area contributed by atoms with Crippen LogP contribution < -0.4 is 4.74 Å². The zero-order valence-electron chi connectivity index (χ0n) is 12.2. The van der Waals surface area contributed by atoms with Crippen LogP contribution in [0.25, 0.3) is 6.08 Å². The molecule has 2 aliphatic rings. The summed E-state index contributed by atoms with van der Waals surface area (Å²) in [7, 11) is 1.63. The molecule has 1 N–H and O–H groups in total. The molecule has 4 nitrogen and oxygen atoms in total. The molecular formula is C17H21NO3. The van der Waals surface area contributed by atoms with Crippen LogP contribution in [0.15, 0.2) is 30.3 Å². The van der Waals surface area contributed by atoms with Gasteiger partial charge in [-0.15, -0.1) is 0 Å². The highest BCUT2D eigenvalue weighted by molar-refractivity contribution is 5.92. The van der Waals surface area contributed by atoms with E-state index in [-0.39, 0.29) is 17.9 Å². The maximum atomic E-state index is 12.2. The average molecular weight is 287 g/mol. The number of hydrogen-bond acceptors (Lipinski definition) is 3. The first kappa shape index (κ1) is 14.1. The van der Waals surface area contributed by atoms with Gasteiger partial charge in [0.25, 0.3) is 0 Å². The molecule has 4 heteroatoms. The standard InChI is InChI=1S/C17H21NO3/c1-21-14-4-2-3-12(9-14)5-8-17(20)18-10-13-6-7-16(19)15(13)11-18/h2-5,8-9,13,15-16,19H,6-7,10-11H2,1H3/b8-5+. The van der Waals surface area contributed by atoms with Gasteiger partial charge in [0, 0.05) is 25.1 Å². The highest BCUT2D eigenvalue weighted by Crippen LogP contribution is 2.38. The van der Waals surface area contributed by atoms with Gasteiger partial charge in [-0.25, -0.2) is 0 Å². The largest absolute Gasteiger partial charge is 0.497 e. The zero-order chi connectivity index (χ0) is 14.8. The third-order valence-corrected chi connectivity index (χ3v) is 4.64. The van der Waals surface area contributed by atoms with Crippen molar-refractivity contribution in [3.63, 3.8) is 0 Å². The van der Waals surface area contributed by atoms with Crippen LogP contribution in [0, 0.1) is 11.8 Å². The first-order valence-corrected chi connectivity index (χ1v) is 7.46. The number of methoxy groups -OCH3 is 1. The Morgan fingerprint density at radius 1 is 1.38 bits per heavy atom. The lowest BCUT2D eigenvalue weighted by molar-refractivity contribution is -0.125. The molecule has 2 fully saturated rings. The number of rotatable bonds is 3. The second-order valence-corrected chi connectivity index (χ2v) is 5.92. The van der Waals surface area contributed by atoms with Gasteiger partial charge in [0.1, 0.15) is 5.75 Å². The minimum atomic E-state index is -0.227. The van der Waals surface area contributed by atoms with Gasteiger partial charge < -0.3 is 14.7 Å². The molecule has 0 radical (unpaired) electrons. The van der Waals surface area contributed by atoms with Gasteiger partial charge >= 0.3 is 0 Å². The van der Waals surface area contributed by atoms with Gasteiger partial charge in [-0.3, -0.25) is 4.79 Å². The van der Waals surface area contributed by atoms with Gasteiger partial charge in [-0.2, -0.15) is 0 Å². The summed E-state index contributed by atoms with van der Waals surface area (Å²) < 4.78 is 5.17.